The Morgan fingerprint density at radius 2 is 1.89 bits per heavy atom. The zero-order valence-electron chi connectivity index (χ0n) is 6.42. The Hall–Kier alpha value is 1.15. The molecule has 0 aromatic heterocycles. The molecule has 0 aromatic rings. The second-order valence-electron chi connectivity index (χ2n) is 2.24. The maximum atomic E-state index is 10.4. The molecule has 0 N–H and O–H groups in total. The third-order valence-electron chi connectivity index (χ3n) is 0.540. The van der Waals surface area contributed by atoms with Crippen LogP contribution in [0.5, 0.6) is 0 Å². The van der Waals surface area contributed by atoms with Gasteiger partial charge in [0, 0.05) is 13.7 Å². The van der Waals surface area contributed by atoms with Gasteiger partial charge in [0.05, 0.1) is 0 Å². The fraction of sp³-hybridized carbons (Fsp3) is 1.00. The molecule has 50 valence electrons. The summed E-state index contributed by atoms with van der Waals surface area (Å²) in [5.74, 6) is 0. The Morgan fingerprint density at radius 1 is 1.56 bits per heavy atom. The maximum Gasteiger partial charge on any atom is 1.00 e. The average molecular weight is 159 g/mol. The molecule has 1 unspecified atom stereocenters. The van der Waals surface area contributed by atoms with Crippen LogP contribution in [0.15, 0.2) is 0 Å². The predicted octanol–water partition coefficient (Wildman–Crippen LogP) is -3.22. The van der Waals surface area contributed by atoms with Crippen LogP contribution < -0.4 is 34.5 Å². The molecule has 0 fully saturated rings. The van der Waals surface area contributed by atoms with Crippen LogP contribution in [0.1, 0.15) is 0 Å². The van der Waals surface area contributed by atoms with Crippen molar-refractivity contribution < 1.29 is 39.0 Å². The Bertz CT molecular complexity index is 111. The summed E-state index contributed by atoms with van der Waals surface area (Å²) >= 11 is 0. The van der Waals surface area contributed by atoms with E-state index in [1.54, 1.807) is 19.0 Å². The number of hydrogen-bond donors (Lipinski definition) is 0. The molecule has 5 heteroatoms. The number of nitrogens with zero attached hydrogens (tertiary/aromatic N) is 1. The largest absolute Gasteiger partial charge is 1.00 e. The molecule has 3 nitrogen and oxygen atoms in total. The van der Waals surface area contributed by atoms with Crippen molar-refractivity contribution in [3.63, 3.8) is 0 Å². The van der Waals surface area contributed by atoms with E-state index in [1.807, 2.05) is 0 Å². The summed E-state index contributed by atoms with van der Waals surface area (Å²) in [5.41, 5.74) is 0. The summed E-state index contributed by atoms with van der Waals surface area (Å²) in [7, 11) is 0.415. The van der Waals surface area contributed by atoms with E-state index < -0.39 is 7.37 Å². The van der Waals surface area contributed by atoms with Crippen molar-refractivity contribution in [3.8, 4) is 0 Å². The normalized spacial score (nSPS) is 16.6. The fourth-order valence-corrected chi connectivity index (χ4v) is 1.54. The minimum absolute atomic E-state index is 0. The van der Waals surface area contributed by atoms with Crippen molar-refractivity contribution >= 4 is 7.37 Å². The van der Waals surface area contributed by atoms with Crippen LogP contribution in [0.4, 0.5) is 0 Å². The molecule has 0 aliphatic rings. The van der Waals surface area contributed by atoms with Gasteiger partial charge in [-0.1, -0.05) is 0 Å². The number of rotatable bonds is 2. The molecular formula is C4H11NNaO2P. The summed E-state index contributed by atoms with van der Waals surface area (Å²) < 4.78 is 10.4. The molecule has 1 atom stereocenters. The van der Waals surface area contributed by atoms with Crippen LogP contribution in [0.25, 0.3) is 0 Å². The minimum Gasteiger partial charge on any atom is -0.799 e. The van der Waals surface area contributed by atoms with Crippen LogP contribution >= 0.6 is 7.37 Å². The first-order chi connectivity index (χ1) is 3.42. The van der Waals surface area contributed by atoms with E-state index in [9.17, 15) is 9.46 Å². The van der Waals surface area contributed by atoms with E-state index in [1.165, 1.54) is 6.66 Å². The van der Waals surface area contributed by atoms with Gasteiger partial charge in [-0.3, -0.25) is 0 Å². The van der Waals surface area contributed by atoms with Gasteiger partial charge < -0.3 is 14.4 Å². The standard InChI is InChI=1S/C4H12NO2P.Na/c1-5(2)4-8(3,6)7;/h4H2,1-3H3,(H,6,7);/q;+1/p-1. The van der Waals surface area contributed by atoms with Gasteiger partial charge >= 0.3 is 29.6 Å². The van der Waals surface area contributed by atoms with E-state index in [2.05, 4.69) is 0 Å². The first-order valence-electron chi connectivity index (χ1n) is 2.34. The van der Waals surface area contributed by atoms with Gasteiger partial charge in [-0.25, -0.2) is 0 Å². The summed E-state index contributed by atoms with van der Waals surface area (Å²) in [4.78, 5) is 12.1. The van der Waals surface area contributed by atoms with Crippen molar-refractivity contribution in [2.75, 3.05) is 27.0 Å². The molecule has 0 aromatic carbocycles. The third kappa shape index (κ3) is 12.4. The zero-order valence-corrected chi connectivity index (χ0v) is 9.31. The van der Waals surface area contributed by atoms with Gasteiger partial charge in [0.15, 0.2) is 0 Å². The van der Waals surface area contributed by atoms with Gasteiger partial charge in [-0.15, -0.1) is 0 Å². The van der Waals surface area contributed by atoms with Crippen molar-refractivity contribution in [3.05, 3.63) is 0 Å². The summed E-state index contributed by atoms with van der Waals surface area (Å²) in [6.07, 6.45) is 0.160. The molecule has 0 saturated heterocycles. The van der Waals surface area contributed by atoms with E-state index in [4.69, 9.17) is 0 Å². The van der Waals surface area contributed by atoms with E-state index in [0.717, 1.165) is 0 Å². The molecule has 0 amide bonds. The van der Waals surface area contributed by atoms with Gasteiger partial charge in [0.2, 0.25) is 0 Å². The topological polar surface area (TPSA) is 43.4 Å². The molecule has 0 saturated carbocycles. The zero-order chi connectivity index (χ0) is 6.78. The van der Waals surface area contributed by atoms with Crippen molar-refractivity contribution in [1.82, 2.24) is 4.90 Å². The monoisotopic (exact) mass is 159 g/mol. The van der Waals surface area contributed by atoms with Gasteiger partial charge in [-0.05, 0) is 20.8 Å². The van der Waals surface area contributed by atoms with Crippen molar-refractivity contribution in [2.45, 2.75) is 0 Å². The van der Waals surface area contributed by atoms with Gasteiger partial charge in [0.25, 0.3) is 0 Å². The molecule has 0 rings (SSSR count). The van der Waals surface area contributed by atoms with Crippen molar-refractivity contribution in [1.29, 1.82) is 0 Å². The molecule has 0 aliphatic carbocycles. The predicted molar refractivity (Wildman–Crippen MR) is 32.1 cm³/mol. The second-order valence-corrected chi connectivity index (χ2v) is 4.55. The Balaban J connectivity index is 0. The van der Waals surface area contributed by atoms with E-state index in [-0.39, 0.29) is 35.8 Å². The van der Waals surface area contributed by atoms with Crippen LogP contribution in [-0.2, 0) is 4.57 Å². The first-order valence-corrected chi connectivity index (χ1v) is 4.60. The average Bonchev–Trinajstić information content (AvgIpc) is 1.21. The van der Waals surface area contributed by atoms with Gasteiger partial charge in [-0.2, -0.15) is 0 Å². The minimum atomic E-state index is -3.05. The quantitative estimate of drug-likeness (QED) is 0.314. The van der Waals surface area contributed by atoms with Gasteiger partial charge in [0.1, 0.15) is 0 Å². The van der Waals surface area contributed by atoms with E-state index in [0.29, 0.717) is 0 Å². The summed E-state index contributed by atoms with van der Waals surface area (Å²) in [6, 6.07) is 0. The van der Waals surface area contributed by atoms with Crippen LogP contribution in [0.2, 0.25) is 0 Å². The molecule has 0 heterocycles. The molecule has 0 bridgehead atoms. The number of hydrogen-bond acceptors (Lipinski definition) is 3. The molecule has 0 aliphatic heterocycles. The Labute approximate surface area is 78.2 Å². The Morgan fingerprint density at radius 3 is 1.89 bits per heavy atom. The molecule has 9 heavy (non-hydrogen) atoms. The molecule has 0 spiro atoms. The van der Waals surface area contributed by atoms with Crippen LogP contribution in [-0.4, -0.2) is 31.9 Å². The Kier molecular flexibility index (Phi) is 6.95. The van der Waals surface area contributed by atoms with E-state index >= 15 is 0 Å². The van der Waals surface area contributed by atoms with Crippen LogP contribution in [0.3, 0.4) is 0 Å². The summed E-state index contributed by atoms with van der Waals surface area (Å²) in [6.45, 7) is 1.24. The smallest absolute Gasteiger partial charge is 0.799 e. The maximum absolute atomic E-state index is 10.4. The first kappa shape index (κ1) is 12.8. The third-order valence-corrected chi connectivity index (χ3v) is 1.62. The summed E-state index contributed by atoms with van der Waals surface area (Å²) in [5, 5.41) is 0. The molecular weight excluding hydrogens is 148 g/mol. The fourth-order valence-electron chi connectivity index (χ4n) is 0.514. The van der Waals surface area contributed by atoms with Crippen LogP contribution in [0, 0.1) is 0 Å². The SMILES string of the molecule is CN(C)CP(C)(=O)[O-].[Na+]. The van der Waals surface area contributed by atoms with Crippen molar-refractivity contribution in [2.24, 2.45) is 0 Å². The second kappa shape index (κ2) is 4.89. The molecule has 0 radical (unpaired) electrons.